The minimum absolute atomic E-state index is 0.599. The van der Waals surface area contributed by atoms with Gasteiger partial charge in [-0.05, 0) is 43.3 Å². The monoisotopic (exact) mass is 350 g/mol. The molecule has 2 aromatic heterocycles. The van der Waals surface area contributed by atoms with Gasteiger partial charge in [-0.3, -0.25) is 0 Å². The van der Waals surface area contributed by atoms with Crippen molar-refractivity contribution in [2.75, 3.05) is 0 Å². The second-order valence-corrected chi connectivity index (χ2v) is 5.67. The summed E-state index contributed by atoms with van der Waals surface area (Å²) in [5.74, 6) is 0.620. The summed E-state index contributed by atoms with van der Waals surface area (Å²) in [4.78, 5) is 13.0. The molecule has 0 amide bonds. The highest BCUT2D eigenvalue weighted by Crippen LogP contribution is 2.22. The number of fused-ring (bicyclic) bond motifs is 1. The highest BCUT2D eigenvalue weighted by molar-refractivity contribution is 9.10. The zero-order valence-corrected chi connectivity index (χ0v) is 13.4. The summed E-state index contributed by atoms with van der Waals surface area (Å²) < 4.78 is 0.930. The van der Waals surface area contributed by atoms with E-state index in [0.29, 0.717) is 17.1 Å². The van der Waals surface area contributed by atoms with Gasteiger partial charge in [-0.2, -0.15) is 5.26 Å². The number of benzene rings is 1. The Morgan fingerprint density at radius 2 is 2.00 bits per heavy atom. The van der Waals surface area contributed by atoms with E-state index in [1.165, 1.54) is 0 Å². The van der Waals surface area contributed by atoms with Gasteiger partial charge < -0.3 is 0 Å². The van der Waals surface area contributed by atoms with Gasteiger partial charge in [0.15, 0.2) is 5.82 Å². The molecule has 22 heavy (non-hydrogen) atoms. The van der Waals surface area contributed by atoms with Crippen LogP contribution in [0, 0.1) is 18.3 Å². The lowest BCUT2D eigenvalue weighted by Gasteiger charge is -2.03. The summed E-state index contributed by atoms with van der Waals surface area (Å²) in [6.07, 6.45) is 5.32. The van der Waals surface area contributed by atoms with E-state index in [4.69, 9.17) is 0 Å². The first-order chi connectivity index (χ1) is 10.7. The van der Waals surface area contributed by atoms with Crippen LogP contribution >= 0.6 is 15.9 Å². The van der Waals surface area contributed by atoms with Crippen LogP contribution in [0.4, 0.5) is 0 Å². The van der Waals surface area contributed by atoms with Gasteiger partial charge >= 0.3 is 0 Å². The van der Waals surface area contributed by atoms with Gasteiger partial charge in [-0.25, -0.2) is 15.0 Å². The predicted octanol–water partition coefficient (Wildman–Crippen LogP) is 4.14. The molecule has 0 fully saturated rings. The van der Waals surface area contributed by atoms with E-state index in [9.17, 15) is 5.26 Å². The Hall–Kier alpha value is -2.58. The lowest BCUT2D eigenvalue weighted by atomic mass is 10.1. The van der Waals surface area contributed by atoms with E-state index in [0.717, 1.165) is 21.1 Å². The average molecular weight is 351 g/mol. The van der Waals surface area contributed by atoms with Gasteiger partial charge in [-0.1, -0.05) is 22.0 Å². The number of rotatable bonds is 2. The van der Waals surface area contributed by atoms with Crippen LogP contribution in [0.1, 0.15) is 22.8 Å². The number of nitrogens with zero attached hydrogens (tertiary/aromatic N) is 4. The van der Waals surface area contributed by atoms with Crippen molar-refractivity contribution in [3.05, 3.63) is 63.8 Å². The molecule has 4 nitrogen and oxygen atoms in total. The maximum absolute atomic E-state index is 9.31. The summed E-state index contributed by atoms with van der Waals surface area (Å²) in [6.45, 7) is 1.92. The Bertz CT molecular complexity index is 926. The van der Waals surface area contributed by atoms with Gasteiger partial charge in [0.2, 0.25) is 0 Å². The lowest BCUT2D eigenvalue weighted by molar-refractivity contribution is 1.08. The van der Waals surface area contributed by atoms with Crippen molar-refractivity contribution in [1.82, 2.24) is 15.0 Å². The van der Waals surface area contributed by atoms with Crippen molar-refractivity contribution in [1.29, 1.82) is 5.26 Å². The summed E-state index contributed by atoms with van der Waals surface area (Å²) in [5, 5.41) is 10.2. The molecule has 0 saturated carbocycles. The van der Waals surface area contributed by atoms with Gasteiger partial charge in [0, 0.05) is 21.7 Å². The molecule has 0 saturated heterocycles. The molecule has 106 valence electrons. The molecule has 0 aliphatic heterocycles. The molecular weight excluding hydrogens is 340 g/mol. The maximum atomic E-state index is 9.31. The van der Waals surface area contributed by atoms with Crippen molar-refractivity contribution in [3.63, 3.8) is 0 Å². The number of halogens is 1. The average Bonchev–Trinajstić information content (AvgIpc) is 2.51. The minimum atomic E-state index is 0.599. The zero-order chi connectivity index (χ0) is 15.5. The first-order valence-corrected chi connectivity index (χ1v) is 7.43. The third-order valence-corrected chi connectivity index (χ3v) is 3.62. The third-order valence-electron chi connectivity index (χ3n) is 3.13. The van der Waals surface area contributed by atoms with Crippen LogP contribution in [0.15, 0.2) is 41.0 Å². The van der Waals surface area contributed by atoms with Crippen molar-refractivity contribution >= 4 is 39.0 Å². The summed E-state index contributed by atoms with van der Waals surface area (Å²) in [5.41, 5.74) is 2.98. The summed E-state index contributed by atoms with van der Waals surface area (Å²) in [7, 11) is 0. The van der Waals surface area contributed by atoms with Crippen LogP contribution < -0.4 is 0 Å². The number of aromatic nitrogens is 3. The molecule has 0 bridgehead atoms. The Labute approximate surface area is 136 Å². The van der Waals surface area contributed by atoms with E-state index < -0.39 is 0 Å². The molecule has 1 aromatic carbocycles. The molecule has 0 aliphatic rings. The topological polar surface area (TPSA) is 62.5 Å². The molecule has 0 atom stereocenters. The normalized spacial score (nSPS) is 11.0. The molecule has 3 rings (SSSR count). The van der Waals surface area contributed by atoms with Crippen LogP contribution in [0.3, 0.4) is 0 Å². The van der Waals surface area contributed by atoms with E-state index in [1.807, 2.05) is 37.3 Å². The highest BCUT2D eigenvalue weighted by atomic mass is 79.9. The lowest BCUT2D eigenvalue weighted by Crippen LogP contribution is -1.90. The fraction of sp³-hybridized carbons (Fsp3) is 0.0588. The molecule has 5 heteroatoms. The molecular formula is C17H11BrN4. The number of hydrogen-bond donors (Lipinski definition) is 0. The fourth-order valence-electron chi connectivity index (χ4n) is 2.11. The maximum Gasteiger partial charge on any atom is 0.152 e. The highest BCUT2D eigenvalue weighted by Gasteiger charge is 2.05. The zero-order valence-electron chi connectivity index (χ0n) is 11.8. The third kappa shape index (κ3) is 3.02. The Balaban J connectivity index is 2.06. The van der Waals surface area contributed by atoms with Crippen LogP contribution in [-0.4, -0.2) is 15.0 Å². The first kappa shape index (κ1) is 14.4. The quantitative estimate of drug-likeness (QED) is 0.696. The SMILES string of the molecule is Cc1ccnc(/C=C/c2cc(C#N)c3ccc(Br)cc3n2)n1. The molecule has 0 spiro atoms. The van der Waals surface area contributed by atoms with E-state index >= 15 is 0 Å². The minimum Gasteiger partial charge on any atom is -0.248 e. The predicted molar refractivity (Wildman–Crippen MR) is 89.9 cm³/mol. The van der Waals surface area contributed by atoms with Crippen molar-refractivity contribution < 1.29 is 0 Å². The Morgan fingerprint density at radius 3 is 2.77 bits per heavy atom. The van der Waals surface area contributed by atoms with Gasteiger partial charge in [0.1, 0.15) is 0 Å². The molecule has 2 heterocycles. The van der Waals surface area contributed by atoms with Crippen LogP contribution in [0.25, 0.3) is 23.1 Å². The number of pyridine rings is 1. The Morgan fingerprint density at radius 1 is 1.14 bits per heavy atom. The second-order valence-electron chi connectivity index (χ2n) is 4.76. The van der Waals surface area contributed by atoms with Gasteiger partial charge in [-0.15, -0.1) is 0 Å². The van der Waals surface area contributed by atoms with E-state index in [2.05, 4.69) is 37.0 Å². The van der Waals surface area contributed by atoms with Crippen LogP contribution in [-0.2, 0) is 0 Å². The molecule has 0 radical (unpaired) electrons. The van der Waals surface area contributed by atoms with E-state index in [-0.39, 0.29) is 0 Å². The number of hydrogen-bond acceptors (Lipinski definition) is 4. The molecule has 3 aromatic rings. The van der Waals surface area contributed by atoms with Gasteiger partial charge in [0.25, 0.3) is 0 Å². The molecule has 0 unspecified atom stereocenters. The molecule has 0 N–H and O–H groups in total. The van der Waals surface area contributed by atoms with Gasteiger partial charge in [0.05, 0.1) is 22.8 Å². The second kappa shape index (κ2) is 6.04. The number of nitriles is 1. The Kier molecular flexibility index (Phi) is 3.94. The van der Waals surface area contributed by atoms with Crippen molar-refractivity contribution in [2.45, 2.75) is 6.92 Å². The van der Waals surface area contributed by atoms with Crippen LogP contribution in [0.2, 0.25) is 0 Å². The standard InChI is InChI=1S/C17H11BrN4/c1-11-6-7-20-17(21-11)5-3-14-8-12(10-19)15-4-2-13(18)9-16(15)22-14/h2-9H,1H3/b5-3+. The molecule has 0 aliphatic carbocycles. The van der Waals surface area contributed by atoms with E-state index in [1.54, 1.807) is 18.3 Å². The summed E-state index contributed by atoms with van der Waals surface area (Å²) in [6, 6.07) is 11.5. The summed E-state index contributed by atoms with van der Waals surface area (Å²) >= 11 is 3.43. The largest absolute Gasteiger partial charge is 0.248 e. The van der Waals surface area contributed by atoms with Crippen molar-refractivity contribution in [2.24, 2.45) is 0 Å². The number of aryl methyl sites for hydroxylation is 1. The smallest absolute Gasteiger partial charge is 0.152 e. The fourth-order valence-corrected chi connectivity index (χ4v) is 2.46. The first-order valence-electron chi connectivity index (χ1n) is 6.64. The van der Waals surface area contributed by atoms with Crippen LogP contribution in [0.5, 0.6) is 0 Å². The van der Waals surface area contributed by atoms with Crippen molar-refractivity contribution in [3.8, 4) is 6.07 Å².